The number of sulfonamides is 1. The first-order valence-corrected chi connectivity index (χ1v) is 9.63. The molecule has 23 heavy (non-hydrogen) atoms. The maximum absolute atomic E-state index is 12.3. The predicted molar refractivity (Wildman–Crippen MR) is 94.4 cm³/mol. The van der Waals surface area contributed by atoms with E-state index in [1.807, 2.05) is 25.1 Å². The van der Waals surface area contributed by atoms with Crippen LogP contribution in [0.1, 0.15) is 12.5 Å². The first-order valence-electron chi connectivity index (χ1n) is 7.16. The second-order valence-electron chi connectivity index (χ2n) is 5.14. The molecule has 2 aromatic carbocycles. The van der Waals surface area contributed by atoms with E-state index in [1.54, 1.807) is 34.9 Å². The smallest absolute Gasteiger partial charge is 0.299 e. The molecule has 3 aromatic rings. The van der Waals surface area contributed by atoms with Crippen LogP contribution in [0, 0.1) is 0 Å². The highest BCUT2D eigenvalue weighted by Crippen LogP contribution is 2.23. The Morgan fingerprint density at radius 3 is 2.57 bits per heavy atom. The fraction of sp³-hybridized carbons (Fsp3) is 0.188. The number of rotatable bonds is 5. The van der Waals surface area contributed by atoms with Crippen molar-refractivity contribution < 1.29 is 8.42 Å². The zero-order chi connectivity index (χ0) is 16.4. The van der Waals surface area contributed by atoms with E-state index in [0.29, 0.717) is 12.2 Å². The third kappa shape index (κ3) is 3.46. The van der Waals surface area contributed by atoms with E-state index in [-0.39, 0.29) is 10.6 Å². The van der Waals surface area contributed by atoms with Gasteiger partial charge >= 0.3 is 4.87 Å². The van der Waals surface area contributed by atoms with Crippen molar-refractivity contribution in [3.8, 4) is 0 Å². The molecule has 0 radical (unpaired) electrons. The minimum atomic E-state index is -3.50. The maximum atomic E-state index is 12.3. The molecule has 1 N–H and O–H groups in total. The molecule has 0 aliphatic heterocycles. The highest BCUT2D eigenvalue weighted by atomic mass is 32.2. The Morgan fingerprint density at radius 1 is 1.13 bits per heavy atom. The number of hydrogen-bond donors (Lipinski definition) is 1. The average Bonchev–Trinajstić information content (AvgIpc) is 2.81. The number of fused-ring (bicyclic) bond motifs is 1. The molecular weight excluding hydrogens is 332 g/mol. The molecule has 0 saturated carbocycles. The molecular formula is C16H16N2O3S2. The van der Waals surface area contributed by atoms with E-state index in [0.717, 1.165) is 27.1 Å². The quantitative estimate of drug-likeness (QED) is 0.770. The maximum Gasteiger partial charge on any atom is 0.308 e. The molecule has 0 atom stereocenters. The Labute approximate surface area is 138 Å². The van der Waals surface area contributed by atoms with Crippen LogP contribution in [0.3, 0.4) is 0 Å². The van der Waals surface area contributed by atoms with E-state index >= 15 is 0 Å². The number of hydrogen-bond acceptors (Lipinski definition) is 4. The zero-order valence-corrected chi connectivity index (χ0v) is 14.2. The van der Waals surface area contributed by atoms with Crippen LogP contribution in [-0.2, 0) is 22.3 Å². The van der Waals surface area contributed by atoms with Gasteiger partial charge in [-0.3, -0.25) is 14.1 Å². The summed E-state index contributed by atoms with van der Waals surface area (Å²) < 4.78 is 29.5. The Morgan fingerprint density at radius 2 is 1.87 bits per heavy atom. The number of nitrogens with one attached hydrogen (secondary N) is 1. The van der Waals surface area contributed by atoms with Crippen LogP contribution in [0.5, 0.6) is 0 Å². The van der Waals surface area contributed by atoms with Crippen LogP contribution >= 0.6 is 11.3 Å². The largest absolute Gasteiger partial charge is 0.308 e. The van der Waals surface area contributed by atoms with Crippen molar-refractivity contribution in [2.75, 3.05) is 4.72 Å². The summed E-state index contributed by atoms with van der Waals surface area (Å²) in [5.74, 6) is -0.0852. The summed E-state index contributed by atoms with van der Waals surface area (Å²) in [6.07, 6.45) is 0. The van der Waals surface area contributed by atoms with Gasteiger partial charge in [0.1, 0.15) is 0 Å². The van der Waals surface area contributed by atoms with E-state index in [4.69, 9.17) is 0 Å². The topological polar surface area (TPSA) is 68.2 Å². The van der Waals surface area contributed by atoms with Crippen LogP contribution in [0.4, 0.5) is 5.69 Å². The number of benzene rings is 2. The van der Waals surface area contributed by atoms with Crippen LogP contribution in [-0.4, -0.2) is 13.0 Å². The number of aromatic nitrogens is 1. The number of thiazole rings is 1. The van der Waals surface area contributed by atoms with Crippen molar-refractivity contribution in [1.82, 2.24) is 4.57 Å². The fourth-order valence-electron chi connectivity index (χ4n) is 2.44. The molecule has 7 heteroatoms. The van der Waals surface area contributed by atoms with Gasteiger partial charge < -0.3 is 0 Å². The molecule has 1 heterocycles. The van der Waals surface area contributed by atoms with Crippen molar-refractivity contribution in [3.63, 3.8) is 0 Å². The first kappa shape index (κ1) is 15.8. The molecule has 0 bridgehead atoms. The van der Waals surface area contributed by atoms with Gasteiger partial charge in [0.05, 0.1) is 21.7 Å². The third-order valence-corrected chi connectivity index (χ3v) is 5.66. The van der Waals surface area contributed by atoms with E-state index in [1.165, 1.54) is 0 Å². The number of anilines is 1. The van der Waals surface area contributed by atoms with Crippen LogP contribution < -0.4 is 9.60 Å². The molecule has 1 aromatic heterocycles. The summed E-state index contributed by atoms with van der Waals surface area (Å²) in [5.41, 5.74) is 2.02. The van der Waals surface area contributed by atoms with Crippen molar-refractivity contribution in [1.29, 1.82) is 0 Å². The lowest BCUT2D eigenvalue weighted by atomic mass is 10.2. The van der Waals surface area contributed by atoms with Crippen molar-refractivity contribution in [2.24, 2.45) is 0 Å². The molecule has 0 unspecified atom stereocenters. The standard InChI is InChI=1S/C16H16N2O3S2/c1-2-18-14-9-8-13(10-15(14)22-16(18)19)17-23(20,21)11-12-6-4-3-5-7-12/h3-10,17H,2,11H2,1H3. The Kier molecular flexibility index (Phi) is 4.23. The Bertz CT molecular complexity index is 989. The Hall–Kier alpha value is -2.12. The monoisotopic (exact) mass is 348 g/mol. The minimum Gasteiger partial charge on any atom is -0.299 e. The van der Waals surface area contributed by atoms with Crippen molar-refractivity contribution in [3.05, 3.63) is 63.8 Å². The molecule has 0 amide bonds. The molecule has 0 spiro atoms. The van der Waals surface area contributed by atoms with Gasteiger partial charge in [0, 0.05) is 6.54 Å². The van der Waals surface area contributed by atoms with Gasteiger partial charge in [0.25, 0.3) is 0 Å². The molecule has 0 aliphatic carbocycles. The van der Waals surface area contributed by atoms with Crippen LogP contribution in [0.15, 0.2) is 53.3 Å². The molecule has 0 saturated heterocycles. The third-order valence-electron chi connectivity index (χ3n) is 3.46. The summed E-state index contributed by atoms with van der Waals surface area (Å²) in [7, 11) is -3.50. The number of aryl methyl sites for hydroxylation is 1. The summed E-state index contributed by atoms with van der Waals surface area (Å²) in [6, 6.07) is 14.2. The van der Waals surface area contributed by atoms with Gasteiger partial charge in [-0.25, -0.2) is 8.42 Å². The highest BCUT2D eigenvalue weighted by Gasteiger charge is 2.13. The lowest BCUT2D eigenvalue weighted by Gasteiger charge is -2.08. The summed E-state index contributed by atoms with van der Waals surface area (Å²) in [4.78, 5) is 11.8. The van der Waals surface area contributed by atoms with Gasteiger partial charge in [0.2, 0.25) is 10.0 Å². The first-order chi connectivity index (χ1) is 11.0. The van der Waals surface area contributed by atoms with E-state index in [2.05, 4.69) is 4.72 Å². The lowest BCUT2D eigenvalue weighted by Crippen LogP contribution is -2.15. The second kappa shape index (κ2) is 6.17. The fourth-order valence-corrected chi connectivity index (χ4v) is 4.62. The van der Waals surface area contributed by atoms with Crippen molar-refractivity contribution >= 4 is 37.3 Å². The average molecular weight is 348 g/mol. The minimum absolute atomic E-state index is 0.0354. The van der Waals surface area contributed by atoms with E-state index in [9.17, 15) is 13.2 Å². The molecule has 0 fully saturated rings. The zero-order valence-electron chi connectivity index (χ0n) is 12.5. The second-order valence-corrected chi connectivity index (χ2v) is 7.86. The van der Waals surface area contributed by atoms with Gasteiger partial charge in [0.15, 0.2) is 0 Å². The van der Waals surface area contributed by atoms with Crippen LogP contribution in [0.2, 0.25) is 0 Å². The molecule has 0 aliphatic rings. The summed E-state index contributed by atoms with van der Waals surface area (Å²) in [6.45, 7) is 2.50. The summed E-state index contributed by atoms with van der Waals surface area (Å²) >= 11 is 1.12. The van der Waals surface area contributed by atoms with Crippen molar-refractivity contribution in [2.45, 2.75) is 19.2 Å². The van der Waals surface area contributed by atoms with Gasteiger partial charge in [-0.15, -0.1) is 0 Å². The lowest BCUT2D eigenvalue weighted by molar-refractivity contribution is 0.600. The van der Waals surface area contributed by atoms with Gasteiger partial charge in [-0.1, -0.05) is 41.7 Å². The molecule has 5 nitrogen and oxygen atoms in total. The summed E-state index contributed by atoms with van der Waals surface area (Å²) in [5, 5.41) is 0. The number of nitrogens with zero attached hydrogens (tertiary/aromatic N) is 1. The highest BCUT2D eigenvalue weighted by molar-refractivity contribution is 7.91. The van der Waals surface area contributed by atoms with Crippen LogP contribution in [0.25, 0.3) is 10.2 Å². The van der Waals surface area contributed by atoms with Gasteiger partial charge in [-0.05, 0) is 30.7 Å². The van der Waals surface area contributed by atoms with E-state index < -0.39 is 10.0 Å². The SMILES string of the molecule is CCn1c(=O)sc2cc(NS(=O)(=O)Cc3ccccc3)ccc21. The normalized spacial score (nSPS) is 11.7. The molecule has 3 rings (SSSR count). The van der Waals surface area contributed by atoms with Gasteiger partial charge in [-0.2, -0.15) is 0 Å². The predicted octanol–water partition coefficient (Wildman–Crippen LogP) is 3.02. The Balaban J connectivity index is 1.87. The molecule has 120 valence electrons.